The van der Waals surface area contributed by atoms with Crippen LogP contribution in [-0.4, -0.2) is 0 Å². The van der Waals surface area contributed by atoms with E-state index in [0.717, 1.165) is 0 Å². The summed E-state index contributed by atoms with van der Waals surface area (Å²) in [6.45, 7) is 0. The van der Waals surface area contributed by atoms with Crippen LogP contribution in [0.3, 0.4) is 0 Å². The zero-order valence-corrected chi connectivity index (χ0v) is 5.24. The van der Waals surface area contributed by atoms with Gasteiger partial charge in [-0.15, -0.1) is 0 Å². The fourth-order valence-corrected chi connectivity index (χ4v) is 0. The van der Waals surface area contributed by atoms with Crippen LogP contribution in [0.25, 0.3) is 0 Å². The van der Waals surface area contributed by atoms with E-state index in [2.05, 4.69) is 0 Å². The van der Waals surface area contributed by atoms with E-state index in [-0.39, 0.29) is 68.5 Å². The van der Waals surface area contributed by atoms with Crippen molar-refractivity contribution in [2.24, 2.45) is 0 Å². The molecule has 0 aliphatic heterocycles. The first-order valence-electron chi connectivity index (χ1n) is 0. The summed E-state index contributed by atoms with van der Waals surface area (Å²) in [5.74, 6) is 0. The van der Waals surface area contributed by atoms with Crippen molar-refractivity contribution in [1.29, 1.82) is 0 Å². The van der Waals surface area contributed by atoms with Gasteiger partial charge in [0.25, 0.3) is 0 Å². The molecule has 6 heavy (non-hydrogen) atoms. The largest absolute Gasteiger partial charge is 1.00 e. The summed E-state index contributed by atoms with van der Waals surface area (Å²) in [4.78, 5) is 0. The van der Waals surface area contributed by atoms with Crippen LogP contribution in [0, 0.1) is 0 Å². The number of halogens is 3. The molecule has 0 bridgehead atoms. The molecule has 0 aromatic carbocycles. The first kappa shape index (κ1) is 151. The molecule has 0 aromatic rings. The van der Waals surface area contributed by atoms with Crippen LogP contribution in [0.5, 0.6) is 0 Å². The van der Waals surface area contributed by atoms with Gasteiger partial charge in [0.2, 0.25) is 0 Å². The van der Waals surface area contributed by atoms with Crippen molar-refractivity contribution < 1.29 is 68.5 Å². The molecule has 0 spiro atoms. The Labute approximate surface area is 68.5 Å². The van der Waals surface area contributed by atoms with Crippen LogP contribution in [-0.2, 0) is 34.1 Å². The molecule has 0 aromatic heterocycles. The Morgan fingerprint density at radius 3 is 0.833 bits per heavy atom. The van der Waals surface area contributed by atoms with Gasteiger partial charge in [0, 0.05) is 34.1 Å². The van der Waals surface area contributed by atoms with Crippen LogP contribution in [0.15, 0.2) is 0 Å². The smallest absolute Gasteiger partial charge is 1.00 e. The predicted molar refractivity (Wildman–Crippen MR) is 8.62 cm³/mol. The molecule has 6 heteroatoms. The Kier molecular flexibility index (Phi) is 2340. The molecule has 0 aliphatic carbocycles. The summed E-state index contributed by atoms with van der Waals surface area (Å²) in [7, 11) is 0. The zero-order valence-electron chi connectivity index (χ0n) is 3.96. The predicted octanol–water partition coefficient (Wildman–Crippen LogP) is -2.43. The second-order valence-electron chi connectivity index (χ2n) is 0. The van der Waals surface area contributed by atoms with Crippen molar-refractivity contribution in [3.8, 4) is 0 Å². The summed E-state index contributed by atoms with van der Waals surface area (Å²) < 4.78 is 0. The Balaban J connectivity index is 0. The zero-order chi connectivity index (χ0) is 0. The van der Waals surface area contributed by atoms with Crippen molar-refractivity contribution in [3.63, 3.8) is 0 Å². The summed E-state index contributed by atoms with van der Waals surface area (Å²) in [6.07, 6.45) is 0. The Bertz CT molecular complexity index is 14.9. The van der Waals surface area contributed by atoms with Gasteiger partial charge in [0.05, 0.1) is 0 Å². The molecule has 41 valence electrons. The fourth-order valence-electron chi connectivity index (χ4n) is 0. The maximum absolute atomic E-state index is 0. The van der Waals surface area contributed by atoms with Gasteiger partial charge in [-0.2, -0.15) is 0 Å². The average Bonchev–Trinajstić information content (AvgIpc) is 0. The van der Waals surface area contributed by atoms with E-state index in [1.807, 2.05) is 0 Å². The van der Waals surface area contributed by atoms with Gasteiger partial charge >= 0.3 is 18.9 Å². The summed E-state index contributed by atoms with van der Waals surface area (Å²) in [6, 6.07) is 0. The van der Waals surface area contributed by atoms with Crippen molar-refractivity contribution >= 4 is 0 Å². The van der Waals surface area contributed by atoms with Crippen LogP contribution in [0.4, 0.5) is 14.1 Å². The summed E-state index contributed by atoms with van der Waals surface area (Å²) >= 11 is 0. The van der Waals surface area contributed by atoms with E-state index in [4.69, 9.17) is 0 Å². The van der Waals surface area contributed by atoms with Crippen molar-refractivity contribution in [2.75, 3.05) is 0 Å². The Morgan fingerprint density at radius 2 is 0.833 bits per heavy atom. The van der Waals surface area contributed by atoms with E-state index in [0.29, 0.717) is 0 Å². The second kappa shape index (κ2) is 93.0. The van der Waals surface area contributed by atoms with E-state index >= 15 is 0 Å². The van der Waals surface area contributed by atoms with E-state index in [9.17, 15) is 0 Å². The van der Waals surface area contributed by atoms with Gasteiger partial charge in [-0.05, 0) is 0 Å². The van der Waals surface area contributed by atoms with E-state index < -0.39 is 0 Å². The van der Waals surface area contributed by atoms with Gasteiger partial charge < -0.3 is 1.43 Å². The van der Waals surface area contributed by atoms with Crippen molar-refractivity contribution in [2.45, 2.75) is 0 Å². The molecular formula is H4F3FeLiMn. The van der Waals surface area contributed by atoms with Crippen LogP contribution in [0.2, 0.25) is 0 Å². The number of hydrogen-bond acceptors (Lipinski definition) is 0. The maximum Gasteiger partial charge on any atom is 1.00 e. The average molecular weight is 179 g/mol. The van der Waals surface area contributed by atoms with Gasteiger partial charge in [0.1, 0.15) is 0 Å². The molecule has 0 fully saturated rings. The SMILES string of the molecule is F.F.F.[Fe].[H-].[Li+].[Mn]. The summed E-state index contributed by atoms with van der Waals surface area (Å²) in [5.41, 5.74) is 0. The Morgan fingerprint density at radius 1 is 0.833 bits per heavy atom. The minimum atomic E-state index is 0. The molecule has 0 unspecified atom stereocenters. The van der Waals surface area contributed by atoms with Crippen LogP contribution < -0.4 is 18.9 Å². The molecule has 0 saturated heterocycles. The number of hydrogen-bond donors (Lipinski definition) is 0. The first-order valence-corrected chi connectivity index (χ1v) is 0. The second-order valence-corrected chi connectivity index (χ2v) is 0. The van der Waals surface area contributed by atoms with Gasteiger partial charge in [-0.1, -0.05) is 0 Å². The van der Waals surface area contributed by atoms with E-state index in [1.165, 1.54) is 0 Å². The van der Waals surface area contributed by atoms with Crippen molar-refractivity contribution in [3.05, 3.63) is 0 Å². The van der Waals surface area contributed by atoms with Gasteiger partial charge in [-0.25, -0.2) is 0 Å². The quantitative estimate of drug-likeness (QED) is 0.362. The molecular weight excluding hydrogens is 175 g/mol. The molecule has 1 radical (unpaired) electrons. The molecule has 0 nitrogen and oxygen atoms in total. The molecule has 0 atom stereocenters. The number of rotatable bonds is 0. The molecule has 0 saturated carbocycles. The van der Waals surface area contributed by atoms with Crippen LogP contribution >= 0.6 is 0 Å². The van der Waals surface area contributed by atoms with Crippen molar-refractivity contribution in [1.82, 2.24) is 0 Å². The molecule has 0 N–H and O–H groups in total. The third kappa shape index (κ3) is 52.3. The maximum atomic E-state index is 0. The third-order valence-electron chi connectivity index (χ3n) is 0. The molecule has 0 aliphatic rings. The van der Waals surface area contributed by atoms with E-state index in [1.54, 1.807) is 0 Å². The fraction of sp³-hybridized carbons (Fsp3) is 0. The monoisotopic (exact) mass is 179 g/mol. The minimum absolute atomic E-state index is 0. The van der Waals surface area contributed by atoms with Crippen LogP contribution in [0.1, 0.15) is 1.43 Å². The Hall–Kier alpha value is 1.43. The topological polar surface area (TPSA) is 0 Å². The van der Waals surface area contributed by atoms with Gasteiger partial charge in [-0.3, -0.25) is 14.1 Å². The molecule has 0 heterocycles. The van der Waals surface area contributed by atoms with Gasteiger partial charge in [0.15, 0.2) is 0 Å². The molecule has 0 rings (SSSR count). The normalized spacial score (nSPS) is 0. The third-order valence-corrected chi connectivity index (χ3v) is 0. The molecule has 0 amide bonds. The minimum Gasteiger partial charge on any atom is -1.00 e. The summed E-state index contributed by atoms with van der Waals surface area (Å²) in [5, 5.41) is 0. The first-order chi connectivity index (χ1) is 0. The standard InChI is InChI=1S/3FH.Fe.Li.Mn.H/h3*1H;;;;/q;;;;+1;;-1.